The second-order valence-corrected chi connectivity index (χ2v) is 8.13. The van der Waals surface area contributed by atoms with Crippen LogP contribution in [0.3, 0.4) is 0 Å². The number of fused-ring (bicyclic) bond motifs is 2. The summed E-state index contributed by atoms with van der Waals surface area (Å²) in [6, 6.07) is 10.6. The molecule has 32 heavy (non-hydrogen) atoms. The van der Waals surface area contributed by atoms with E-state index in [4.69, 9.17) is 23.2 Å². The third kappa shape index (κ3) is 4.02. The first kappa shape index (κ1) is 20.4. The Morgan fingerprint density at radius 2 is 2.00 bits per heavy atom. The highest BCUT2D eigenvalue weighted by Crippen LogP contribution is 2.26. The molecule has 0 spiro atoms. The fourth-order valence-electron chi connectivity index (χ4n) is 3.48. The predicted octanol–water partition coefficient (Wildman–Crippen LogP) is 4.80. The highest BCUT2D eigenvalue weighted by atomic mass is 35.5. The first-order valence-electron chi connectivity index (χ1n) is 9.65. The van der Waals surface area contributed by atoms with E-state index in [0.29, 0.717) is 38.8 Å². The number of benzene rings is 2. The van der Waals surface area contributed by atoms with Gasteiger partial charge < -0.3 is 15.3 Å². The van der Waals surface area contributed by atoms with Crippen LogP contribution in [-0.2, 0) is 13.0 Å². The summed E-state index contributed by atoms with van der Waals surface area (Å²) in [5.41, 5.74) is 2.70. The van der Waals surface area contributed by atoms with Crippen molar-refractivity contribution in [2.45, 2.75) is 13.0 Å². The molecular formula is C22H15Cl2FN6O. The summed E-state index contributed by atoms with van der Waals surface area (Å²) in [5.74, 6) is -0.360. The molecule has 3 heterocycles. The molecule has 0 unspecified atom stereocenters. The Morgan fingerprint density at radius 3 is 2.88 bits per heavy atom. The van der Waals surface area contributed by atoms with E-state index >= 15 is 0 Å². The van der Waals surface area contributed by atoms with Gasteiger partial charge in [0.15, 0.2) is 0 Å². The smallest absolute Gasteiger partial charge is 0.289 e. The summed E-state index contributed by atoms with van der Waals surface area (Å²) in [6.07, 6.45) is 3.63. The minimum absolute atomic E-state index is 0.0173. The molecule has 0 aliphatic carbocycles. The first-order chi connectivity index (χ1) is 15.5. The number of aromatic amines is 2. The molecule has 0 saturated carbocycles. The number of hydrogen-bond acceptors (Lipinski definition) is 4. The molecule has 3 aromatic heterocycles. The van der Waals surface area contributed by atoms with Crippen LogP contribution < -0.4 is 5.32 Å². The molecule has 160 valence electrons. The molecule has 10 heteroatoms. The van der Waals surface area contributed by atoms with Crippen molar-refractivity contribution in [3.63, 3.8) is 0 Å². The van der Waals surface area contributed by atoms with Gasteiger partial charge in [-0.3, -0.25) is 9.78 Å². The van der Waals surface area contributed by atoms with Crippen molar-refractivity contribution in [2.24, 2.45) is 0 Å². The zero-order valence-electron chi connectivity index (χ0n) is 16.4. The highest BCUT2D eigenvalue weighted by Gasteiger charge is 2.14. The Morgan fingerprint density at radius 1 is 1.12 bits per heavy atom. The zero-order chi connectivity index (χ0) is 22.2. The molecule has 0 radical (unpaired) electrons. The molecular weight excluding hydrogens is 454 g/mol. The van der Waals surface area contributed by atoms with Crippen LogP contribution >= 0.6 is 23.2 Å². The molecule has 0 aliphatic rings. The maximum Gasteiger partial charge on any atom is 0.289 e. The number of nitrogens with one attached hydrogen (secondary N) is 3. The average molecular weight is 469 g/mol. The van der Waals surface area contributed by atoms with Crippen LogP contribution in [0.4, 0.5) is 4.39 Å². The maximum absolute atomic E-state index is 14.3. The predicted molar refractivity (Wildman–Crippen MR) is 120 cm³/mol. The van der Waals surface area contributed by atoms with Crippen molar-refractivity contribution in [1.82, 2.24) is 30.5 Å². The van der Waals surface area contributed by atoms with Gasteiger partial charge in [0, 0.05) is 47.2 Å². The van der Waals surface area contributed by atoms with Crippen molar-refractivity contribution < 1.29 is 9.18 Å². The number of nitrogens with zero attached hydrogens (tertiary/aromatic N) is 3. The lowest BCUT2D eigenvalue weighted by Crippen LogP contribution is -2.24. The van der Waals surface area contributed by atoms with Gasteiger partial charge in [-0.25, -0.2) is 4.39 Å². The summed E-state index contributed by atoms with van der Waals surface area (Å²) in [4.78, 5) is 22.5. The maximum atomic E-state index is 14.3. The fraction of sp³-hybridized carbons (Fsp3) is 0.0909. The van der Waals surface area contributed by atoms with Gasteiger partial charge in [0.05, 0.1) is 15.6 Å². The number of carbonyl (C=O) groups is 1. The highest BCUT2D eigenvalue weighted by molar-refractivity contribution is 6.35. The van der Waals surface area contributed by atoms with Gasteiger partial charge in [-0.05, 0) is 35.9 Å². The summed E-state index contributed by atoms with van der Waals surface area (Å²) in [5, 5.41) is 13.2. The Labute approximate surface area is 191 Å². The van der Waals surface area contributed by atoms with Crippen molar-refractivity contribution in [3.05, 3.63) is 87.4 Å². The van der Waals surface area contributed by atoms with E-state index in [1.807, 2.05) is 24.3 Å². The summed E-state index contributed by atoms with van der Waals surface area (Å²) in [6.45, 7) is -0.0173. The monoisotopic (exact) mass is 468 g/mol. The van der Waals surface area contributed by atoms with Crippen molar-refractivity contribution in [3.8, 4) is 0 Å². The van der Waals surface area contributed by atoms with Crippen LogP contribution in [0.2, 0.25) is 10.0 Å². The van der Waals surface area contributed by atoms with Crippen molar-refractivity contribution >= 4 is 50.9 Å². The molecule has 0 fully saturated rings. The average Bonchev–Trinajstić information content (AvgIpc) is 3.38. The Hall–Kier alpha value is -3.49. The number of carbonyl (C=O) groups excluding carboxylic acids is 1. The molecule has 5 aromatic rings. The van der Waals surface area contributed by atoms with E-state index in [2.05, 4.69) is 30.5 Å². The minimum atomic E-state index is -0.488. The van der Waals surface area contributed by atoms with Gasteiger partial charge in [0.2, 0.25) is 5.82 Å². The molecule has 0 aliphatic heterocycles. The number of rotatable bonds is 5. The topological polar surface area (TPSA) is 99.3 Å². The van der Waals surface area contributed by atoms with E-state index in [1.54, 1.807) is 18.5 Å². The number of pyridine rings is 1. The third-order valence-electron chi connectivity index (χ3n) is 5.07. The first-order valence-corrected chi connectivity index (χ1v) is 10.4. The molecule has 0 atom stereocenters. The van der Waals surface area contributed by atoms with Gasteiger partial charge in [0.25, 0.3) is 5.91 Å². The number of hydrogen-bond donors (Lipinski definition) is 3. The second-order valence-electron chi connectivity index (χ2n) is 7.29. The SMILES string of the molecule is O=C(NCc1cc2c(Cl)c[nH]c2cc1F)c1nnc(Cc2ccc3ncc(Cl)cc3c2)[nH]1. The van der Waals surface area contributed by atoms with Crippen molar-refractivity contribution in [2.75, 3.05) is 0 Å². The minimum Gasteiger partial charge on any atom is -0.360 e. The van der Waals surface area contributed by atoms with E-state index in [9.17, 15) is 9.18 Å². The summed E-state index contributed by atoms with van der Waals surface area (Å²) < 4.78 is 14.3. The largest absolute Gasteiger partial charge is 0.360 e. The third-order valence-corrected chi connectivity index (χ3v) is 5.59. The van der Waals surface area contributed by atoms with Gasteiger partial charge in [-0.1, -0.05) is 29.3 Å². The molecule has 0 saturated heterocycles. The Bertz CT molecular complexity index is 1480. The van der Waals surface area contributed by atoms with Gasteiger partial charge >= 0.3 is 0 Å². The molecule has 0 bridgehead atoms. The Balaban J connectivity index is 1.28. The Kier molecular flexibility index (Phi) is 5.24. The van der Waals surface area contributed by atoms with Gasteiger partial charge in [0.1, 0.15) is 11.6 Å². The van der Waals surface area contributed by atoms with Crippen LogP contribution in [0.1, 0.15) is 27.6 Å². The standard InChI is InChI=1S/C22H15Cl2FN6O/c23-14-5-12-3-11(1-2-18(12)26-9-14)4-20-29-21(31-30-20)22(32)28-8-13-6-15-16(24)10-27-19(15)7-17(13)25/h1-3,5-7,9-10,27H,4,8H2,(H,28,32)(H,29,30,31). The molecule has 3 N–H and O–H groups in total. The molecule has 2 aromatic carbocycles. The quantitative estimate of drug-likeness (QED) is 0.344. The van der Waals surface area contributed by atoms with E-state index < -0.39 is 11.7 Å². The lowest BCUT2D eigenvalue weighted by molar-refractivity contribution is 0.0940. The normalized spacial score (nSPS) is 11.3. The zero-order valence-corrected chi connectivity index (χ0v) is 17.9. The van der Waals surface area contributed by atoms with Crippen LogP contribution in [0, 0.1) is 5.82 Å². The lowest BCUT2D eigenvalue weighted by atomic mass is 10.1. The van der Waals surface area contributed by atoms with E-state index in [0.717, 1.165) is 16.5 Å². The fourth-order valence-corrected chi connectivity index (χ4v) is 3.86. The van der Waals surface area contributed by atoms with E-state index in [1.165, 1.54) is 6.07 Å². The number of halogens is 3. The van der Waals surface area contributed by atoms with Crippen LogP contribution in [0.15, 0.2) is 48.8 Å². The summed E-state index contributed by atoms with van der Waals surface area (Å²) >= 11 is 12.1. The van der Waals surface area contributed by atoms with Gasteiger partial charge in [-0.15, -0.1) is 10.2 Å². The van der Waals surface area contributed by atoms with Crippen molar-refractivity contribution in [1.29, 1.82) is 0 Å². The molecule has 7 nitrogen and oxygen atoms in total. The lowest BCUT2D eigenvalue weighted by Gasteiger charge is -2.05. The van der Waals surface area contributed by atoms with Gasteiger partial charge in [-0.2, -0.15) is 0 Å². The van der Waals surface area contributed by atoms with Crippen LogP contribution in [-0.4, -0.2) is 31.1 Å². The number of H-pyrrole nitrogens is 2. The number of aromatic nitrogens is 5. The number of amides is 1. The van der Waals surface area contributed by atoms with Crippen LogP contribution in [0.5, 0.6) is 0 Å². The second kappa shape index (κ2) is 8.22. The van der Waals surface area contributed by atoms with Crippen LogP contribution in [0.25, 0.3) is 21.8 Å². The molecule has 5 rings (SSSR count). The summed E-state index contributed by atoms with van der Waals surface area (Å²) in [7, 11) is 0. The van der Waals surface area contributed by atoms with E-state index in [-0.39, 0.29) is 12.4 Å². The molecule has 1 amide bonds.